The molecule has 0 saturated carbocycles. The van der Waals surface area contributed by atoms with Crippen molar-refractivity contribution in [2.75, 3.05) is 6.54 Å². The number of rotatable bonds is 4. The van der Waals surface area contributed by atoms with E-state index >= 15 is 0 Å². The van der Waals surface area contributed by atoms with E-state index in [1.165, 1.54) is 11.3 Å². The van der Waals surface area contributed by atoms with E-state index in [9.17, 15) is 4.79 Å². The molecule has 3 nitrogen and oxygen atoms in total. The Bertz CT molecular complexity index is 473. The van der Waals surface area contributed by atoms with Gasteiger partial charge in [-0.15, -0.1) is 22.9 Å². The number of nitrogens with one attached hydrogen (secondary N) is 1. The van der Waals surface area contributed by atoms with Crippen LogP contribution in [0.3, 0.4) is 0 Å². The maximum Gasteiger partial charge on any atom is 0.263 e. The fraction of sp³-hybridized carbons (Fsp3) is 0.167. The molecule has 1 amide bonds. The lowest BCUT2D eigenvalue weighted by atomic mass is 10.1. The van der Waals surface area contributed by atoms with Gasteiger partial charge in [-0.05, 0) is 5.56 Å². The van der Waals surface area contributed by atoms with Gasteiger partial charge in [-0.1, -0.05) is 30.3 Å². The first kappa shape index (κ1) is 12.1. The van der Waals surface area contributed by atoms with Crippen molar-refractivity contribution in [3.05, 3.63) is 52.5 Å². The normalized spacial score (nSPS) is 12.1. The first-order valence-corrected chi connectivity index (χ1v) is 6.44. The Morgan fingerprint density at radius 1 is 1.41 bits per heavy atom. The van der Waals surface area contributed by atoms with E-state index in [0.29, 0.717) is 11.4 Å². The van der Waals surface area contributed by atoms with Gasteiger partial charge in [0.25, 0.3) is 5.91 Å². The fourth-order valence-electron chi connectivity index (χ4n) is 1.38. The van der Waals surface area contributed by atoms with E-state index in [4.69, 9.17) is 11.6 Å². The number of nitrogens with zero attached hydrogens (tertiary/aromatic N) is 1. The van der Waals surface area contributed by atoms with Crippen LogP contribution in [0.1, 0.15) is 20.6 Å². The summed E-state index contributed by atoms with van der Waals surface area (Å²) in [4.78, 5) is 16.1. The van der Waals surface area contributed by atoms with Crippen LogP contribution in [0.5, 0.6) is 0 Å². The third-order valence-electron chi connectivity index (χ3n) is 2.26. The Balaban J connectivity index is 1.89. The standard InChI is InChI=1S/C12H11ClN2OS/c13-10(9-4-2-1-3-5-9)6-15-12(16)11-7-14-8-17-11/h1-5,7-8,10H,6H2,(H,15,16). The van der Waals surface area contributed by atoms with Gasteiger partial charge in [0.15, 0.2) is 0 Å². The van der Waals surface area contributed by atoms with Crippen molar-refractivity contribution in [2.45, 2.75) is 5.38 Å². The minimum Gasteiger partial charge on any atom is -0.349 e. The molecule has 1 unspecified atom stereocenters. The zero-order chi connectivity index (χ0) is 12.1. The summed E-state index contributed by atoms with van der Waals surface area (Å²) in [6.45, 7) is 0.405. The molecular weight excluding hydrogens is 256 g/mol. The highest BCUT2D eigenvalue weighted by molar-refractivity contribution is 7.11. The highest BCUT2D eigenvalue weighted by atomic mass is 35.5. The van der Waals surface area contributed by atoms with E-state index in [1.54, 1.807) is 11.7 Å². The van der Waals surface area contributed by atoms with Gasteiger partial charge in [-0.25, -0.2) is 0 Å². The number of carbonyl (C=O) groups is 1. The molecule has 0 saturated heterocycles. The Morgan fingerprint density at radius 3 is 2.82 bits per heavy atom. The van der Waals surface area contributed by atoms with Crippen molar-refractivity contribution in [3.63, 3.8) is 0 Å². The molecule has 0 bridgehead atoms. The van der Waals surface area contributed by atoms with Gasteiger partial charge in [0, 0.05) is 6.54 Å². The second-order valence-electron chi connectivity index (χ2n) is 3.45. The van der Waals surface area contributed by atoms with E-state index in [0.717, 1.165) is 5.56 Å². The minimum absolute atomic E-state index is 0.130. The number of hydrogen-bond donors (Lipinski definition) is 1. The third kappa shape index (κ3) is 3.28. The van der Waals surface area contributed by atoms with Crippen molar-refractivity contribution >= 4 is 28.8 Å². The van der Waals surface area contributed by atoms with Crippen molar-refractivity contribution in [1.82, 2.24) is 10.3 Å². The molecule has 88 valence electrons. The lowest BCUT2D eigenvalue weighted by molar-refractivity contribution is 0.0957. The van der Waals surface area contributed by atoms with Crippen LogP contribution in [0.4, 0.5) is 0 Å². The number of carbonyl (C=O) groups excluding carboxylic acids is 1. The SMILES string of the molecule is O=C(NCC(Cl)c1ccccc1)c1cncs1. The summed E-state index contributed by atoms with van der Waals surface area (Å²) >= 11 is 7.50. The molecule has 5 heteroatoms. The number of amides is 1. The first-order valence-electron chi connectivity index (χ1n) is 5.13. The molecule has 0 aliphatic carbocycles. The van der Waals surface area contributed by atoms with E-state index in [1.807, 2.05) is 30.3 Å². The monoisotopic (exact) mass is 266 g/mol. The highest BCUT2D eigenvalue weighted by Gasteiger charge is 2.11. The lowest BCUT2D eigenvalue weighted by Crippen LogP contribution is -2.26. The van der Waals surface area contributed by atoms with Crippen LogP contribution in [0, 0.1) is 0 Å². The molecule has 1 aromatic carbocycles. The summed E-state index contributed by atoms with van der Waals surface area (Å²) in [6, 6.07) is 9.67. The maximum atomic E-state index is 11.6. The molecule has 0 aliphatic heterocycles. The summed E-state index contributed by atoms with van der Waals surface area (Å²) in [6.07, 6.45) is 1.55. The van der Waals surface area contributed by atoms with Crippen LogP contribution < -0.4 is 5.32 Å². The predicted octanol–water partition coefficient (Wildman–Crippen LogP) is 2.85. The van der Waals surface area contributed by atoms with Gasteiger partial charge in [0.2, 0.25) is 0 Å². The second kappa shape index (κ2) is 5.80. The van der Waals surface area contributed by atoms with Crippen molar-refractivity contribution < 1.29 is 4.79 Å². The zero-order valence-corrected chi connectivity index (χ0v) is 10.5. The van der Waals surface area contributed by atoms with E-state index in [-0.39, 0.29) is 11.3 Å². The number of thiazole rings is 1. The van der Waals surface area contributed by atoms with Crippen molar-refractivity contribution in [3.8, 4) is 0 Å². The topological polar surface area (TPSA) is 42.0 Å². The van der Waals surface area contributed by atoms with Gasteiger partial charge in [0.05, 0.1) is 17.1 Å². The average molecular weight is 267 g/mol. The summed E-state index contributed by atoms with van der Waals surface area (Å²) in [5.41, 5.74) is 2.63. The van der Waals surface area contributed by atoms with Gasteiger partial charge in [-0.3, -0.25) is 9.78 Å². The van der Waals surface area contributed by atoms with E-state index < -0.39 is 0 Å². The van der Waals surface area contributed by atoms with E-state index in [2.05, 4.69) is 10.3 Å². The van der Waals surface area contributed by atoms with Crippen LogP contribution in [0.2, 0.25) is 0 Å². The average Bonchev–Trinajstić information content (AvgIpc) is 2.90. The number of hydrogen-bond acceptors (Lipinski definition) is 3. The molecule has 1 aromatic heterocycles. The Labute approximate surface area is 108 Å². The molecule has 0 fully saturated rings. The zero-order valence-electron chi connectivity index (χ0n) is 8.97. The van der Waals surface area contributed by atoms with Crippen molar-refractivity contribution in [1.29, 1.82) is 0 Å². The highest BCUT2D eigenvalue weighted by Crippen LogP contribution is 2.18. The van der Waals surface area contributed by atoms with Crippen LogP contribution >= 0.6 is 22.9 Å². The predicted molar refractivity (Wildman–Crippen MR) is 69.5 cm³/mol. The summed E-state index contributed by atoms with van der Waals surface area (Å²) in [7, 11) is 0. The number of halogens is 1. The first-order chi connectivity index (χ1) is 8.27. The Morgan fingerprint density at radius 2 is 2.18 bits per heavy atom. The molecule has 0 radical (unpaired) electrons. The maximum absolute atomic E-state index is 11.6. The van der Waals surface area contributed by atoms with Gasteiger partial charge >= 0.3 is 0 Å². The van der Waals surface area contributed by atoms with Gasteiger partial charge in [-0.2, -0.15) is 0 Å². The fourth-order valence-corrected chi connectivity index (χ4v) is 2.14. The molecule has 2 rings (SSSR count). The number of benzene rings is 1. The third-order valence-corrected chi connectivity index (χ3v) is 3.44. The van der Waals surface area contributed by atoms with Crippen molar-refractivity contribution in [2.24, 2.45) is 0 Å². The minimum atomic E-state index is -0.215. The summed E-state index contributed by atoms with van der Waals surface area (Å²) < 4.78 is 0. The molecule has 0 spiro atoms. The Hall–Kier alpha value is -1.39. The van der Waals surface area contributed by atoms with Crippen LogP contribution in [-0.2, 0) is 0 Å². The van der Waals surface area contributed by atoms with Crippen LogP contribution in [-0.4, -0.2) is 17.4 Å². The summed E-state index contributed by atoms with van der Waals surface area (Å²) in [5, 5.41) is 2.57. The quantitative estimate of drug-likeness (QED) is 0.865. The molecule has 1 heterocycles. The van der Waals surface area contributed by atoms with Crippen LogP contribution in [0.25, 0.3) is 0 Å². The number of aromatic nitrogens is 1. The number of alkyl halides is 1. The van der Waals surface area contributed by atoms with Gasteiger partial charge in [0.1, 0.15) is 4.88 Å². The molecule has 1 atom stereocenters. The van der Waals surface area contributed by atoms with Gasteiger partial charge < -0.3 is 5.32 Å². The van der Waals surface area contributed by atoms with Crippen LogP contribution in [0.15, 0.2) is 42.0 Å². The molecule has 0 aliphatic rings. The lowest BCUT2D eigenvalue weighted by Gasteiger charge is -2.10. The summed E-state index contributed by atoms with van der Waals surface area (Å²) in [5.74, 6) is -0.130. The largest absolute Gasteiger partial charge is 0.349 e. The molecule has 2 aromatic rings. The Kier molecular flexibility index (Phi) is 4.12. The molecule has 17 heavy (non-hydrogen) atoms. The molecular formula is C12H11ClN2OS. The second-order valence-corrected chi connectivity index (χ2v) is 4.87. The smallest absolute Gasteiger partial charge is 0.263 e. The molecule has 1 N–H and O–H groups in total.